The van der Waals surface area contributed by atoms with E-state index in [1.54, 1.807) is 12.1 Å². The average molecular weight is 458 g/mol. The van der Waals surface area contributed by atoms with Crippen molar-refractivity contribution in [3.63, 3.8) is 0 Å². The maximum atomic E-state index is 13.2. The van der Waals surface area contributed by atoms with Crippen molar-refractivity contribution in [3.05, 3.63) is 29.3 Å². The number of amides is 1. The number of nitrogens with zero attached hydrogens (tertiary/aromatic N) is 2. The summed E-state index contributed by atoms with van der Waals surface area (Å²) in [4.78, 5) is 20.0. The van der Waals surface area contributed by atoms with Gasteiger partial charge in [0, 0.05) is 29.8 Å². The minimum Gasteiger partial charge on any atom is -0.508 e. The number of benzene rings is 1. The molecule has 5 atom stereocenters. The monoisotopic (exact) mass is 457 g/mol. The largest absolute Gasteiger partial charge is 0.508 e. The fraction of sp³-hybridized carbons (Fsp3) is 0.692. The maximum Gasteiger partial charge on any atom is 0.237 e. The van der Waals surface area contributed by atoms with E-state index in [-0.39, 0.29) is 23.2 Å². The Morgan fingerprint density at radius 2 is 2.00 bits per heavy atom. The predicted molar refractivity (Wildman–Crippen MR) is 128 cm³/mol. The lowest BCUT2D eigenvalue weighted by molar-refractivity contribution is -0.132. The molecule has 2 fully saturated rings. The lowest BCUT2D eigenvalue weighted by Gasteiger charge is -2.46. The number of aromatic hydroxyl groups is 1. The van der Waals surface area contributed by atoms with Crippen LogP contribution in [0.25, 0.3) is 0 Å². The number of aliphatic hydroxyl groups is 1. The number of β-amino-alcohol motifs (C(OH)–C–C–N with tert-alkyl or cyclic N) is 1. The molecule has 2 heterocycles. The molecule has 1 aromatic rings. The van der Waals surface area contributed by atoms with Crippen molar-refractivity contribution in [1.29, 1.82) is 0 Å². The number of nitrogens with one attached hydrogen (secondary N) is 1. The standard InChI is InChI=1S/C26H39N3O4/c1-16-19(10-7-11-22(16)30)25-27-20(15-33-25)23(31)14-29-13-18-9-6-5-8-17(18)12-21(29)24(32)28-26(2,3)4/h7,10-11,17-18,20-21,23,30-31H,5-6,8-9,12-15H2,1-4H3,(H,28,32). The highest BCUT2D eigenvalue weighted by Crippen LogP contribution is 2.39. The van der Waals surface area contributed by atoms with Crippen molar-refractivity contribution < 1.29 is 19.7 Å². The van der Waals surface area contributed by atoms with E-state index in [2.05, 4.69) is 15.2 Å². The number of fused-ring (bicyclic) bond motifs is 1. The van der Waals surface area contributed by atoms with Gasteiger partial charge in [0.05, 0.1) is 12.1 Å². The van der Waals surface area contributed by atoms with E-state index in [0.717, 1.165) is 18.5 Å². The molecule has 0 spiro atoms. The number of piperidine rings is 1. The molecule has 1 saturated heterocycles. The molecule has 7 nitrogen and oxygen atoms in total. The molecule has 1 saturated carbocycles. The third-order valence-corrected chi connectivity index (χ3v) is 7.38. The summed E-state index contributed by atoms with van der Waals surface area (Å²) in [5, 5.41) is 24.3. The quantitative estimate of drug-likeness (QED) is 0.632. The second kappa shape index (κ2) is 9.63. The summed E-state index contributed by atoms with van der Waals surface area (Å²) >= 11 is 0. The molecular formula is C26H39N3O4. The van der Waals surface area contributed by atoms with Gasteiger partial charge < -0.3 is 20.3 Å². The Morgan fingerprint density at radius 3 is 2.73 bits per heavy atom. The summed E-state index contributed by atoms with van der Waals surface area (Å²) in [7, 11) is 0. The Hall–Kier alpha value is -2.12. The van der Waals surface area contributed by atoms with Crippen molar-refractivity contribution in [2.75, 3.05) is 19.7 Å². The Balaban J connectivity index is 1.48. The molecule has 0 aromatic heterocycles. The zero-order valence-corrected chi connectivity index (χ0v) is 20.4. The van der Waals surface area contributed by atoms with Crippen LogP contribution in [0, 0.1) is 18.8 Å². The van der Waals surface area contributed by atoms with E-state index >= 15 is 0 Å². The molecule has 4 rings (SSSR count). The van der Waals surface area contributed by atoms with Gasteiger partial charge in [0.15, 0.2) is 0 Å². The molecule has 7 heteroatoms. The summed E-state index contributed by atoms with van der Waals surface area (Å²) in [6.45, 7) is 9.38. The Kier molecular flexibility index (Phi) is 7.01. The number of hydrogen-bond donors (Lipinski definition) is 3. The van der Waals surface area contributed by atoms with Gasteiger partial charge in [0.2, 0.25) is 11.8 Å². The van der Waals surface area contributed by atoms with E-state index in [9.17, 15) is 15.0 Å². The number of carbonyl (C=O) groups is 1. The second-order valence-electron chi connectivity index (χ2n) is 11.1. The molecule has 0 bridgehead atoms. The van der Waals surface area contributed by atoms with Crippen LogP contribution in [0.4, 0.5) is 0 Å². The number of ether oxygens (including phenoxy) is 1. The molecular weight excluding hydrogens is 418 g/mol. The zero-order chi connectivity index (χ0) is 23.8. The number of phenolic OH excluding ortho intramolecular Hbond substituents is 1. The van der Waals surface area contributed by atoms with Crippen molar-refractivity contribution in [2.45, 2.75) is 83.5 Å². The van der Waals surface area contributed by atoms with Crippen LogP contribution in [0.3, 0.4) is 0 Å². The number of phenols is 1. The number of likely N-dealkylation sites (tertiary alicyclic amines) is 1. The van der Waals surface area contributed by atoms with Gasteiger partial charge in [-0.05, 0) is 64.5 Å². The lowest BCUT2D eigenvalue weighted by Crippen LogP contribution is -2.59. The minimum atomic E-state index is -0.731. The summed E-state index contributed by atoms with van der Waals surface area (Å²) in [6.07, 6.45) is 5.04. The SMILES string of the molecule is Cc1c(O)cccc1C1=NC(C(O)CN2CC3CCCCC3CC2C(=O)NC(C)(C)C)CO1. The van der Waals surface area contributed by atoms with Crippen LogP contribution >= 0.6 is 0 Å². The van der Waals surface area contributed by atoms with Crippen LogP contribution in [0.15, 0.2) is 23.2 Å². The highest BCUT2D eigenvalue weighted by Gasteiger charge is 2.42. The lowest BCUT2D eigenvalue weighted by atomic mass is 9.72. The van der Waals surface area contributed by atoms with E-state index in [4.69, 9.17) is 4.74 Å². The third kappa shape index (κ3) is 5.52. The van der Waals surface area contributed by atoms with E-state index in [0.29, 0.717) is 36.4 Å². The van der Waals surface area contributed by atoms with Gasteiger partial charge in [-0.15, -0.1) is 0 Å². The van der Waals surface area contributed by atoms with Gasteiger partial charge in [-0.25, -0.2) is 4.99 Å². The Bertz CT molecular complexity index is 894. The summed E-state index contributed by atoms with van der Waals surface area (Å²) in [6, 6.07) is 4.65. The van der Waals surface area contributed by atoms with Crippen molar-refractivity contribution in [3.8, 4) is 5.75 Å². The van der Waals surface area contributed by atoms with Gasteiger partial charge in [0.1, 0.15) is 18.4 Å². The van der Waals surface area contributed by atoms with Crippen LogP contribution in [0.1, 0.15) is 64.0 Å². The van der Waals surface area contributed by atoms with E-state index in [1.165, 1.54) is 25.7 Å². The summed E-state index contributed by atoms with van der Waals surface area (Å²) in [5.41, 5.74) is 1.17. The van der Waals surface area contributed by atoms with Gasteiger partial charge >= 0.3 is 0 Å². The number of hydrogen-bond acceptors (Lipinski definition) is 6. The Labute approximate surface area is 197 Å². The van der Waals surface area contributed by atoms with Gasteiger partial charge in [-0.2, -0.15) is 0 Å². The van der Waals surface area contributed by atoms with Crippen molar-refractivity contribution in [2.24, 2.45) is 16.8 Å². The fourth-order valence-electron chi connectivity index (χ4n) is 5.58. The number of aliphatic hydroxyl groups excluding tert-OH is 1. The maximum absolute atomic E-state index is 13.2. The smallest absolute Gasteiger partial charge is 0.237 e. The molecule has 1 amide bonds. The summed E-state index contributed by atoms with van der Waals surface area (Å²) < 4.78 is 5.80. The normalized spacial score (nSPS) is 29.1. The minimum absolute atomic E-state index is 0.0565. The zero-order valence-electron chi connectivity index (χ0n) is 20.4. The summed E-state index contributed by atoms with van der Waals surface area (Å²) in [5.74, 6) is 1.90. The van der Waals surface area contributed by atoms with E-state index in [1.807, 2.05) is 33.8 Å². The van der Waals surface area contributed by atoms with Crippen LogP contribution in [0.5, 0.6) is 5.75 Å². The highest BCUT2D eigenvalue weighted by atomic mass is 16.5. The third-order valence-electron chi connectivity index (χ3n) is 7.38. The molecule has 3 aliphatic rings. The highest BCUT2D eigenvalue weighted by molar-refractivity contribution is 5.97. The molecule has 5 unspecified atom stereocenters. The molecule has 1 aromatic carbocycles. The topological polar surface area (TPSA) is 94.4 Å². The first-order valence-corrected chi connectivity index (χ1v) is 12.4. The van der Waals surface area contributed by atoms with Crippen molar-refractivity contribution in [1.82, 2.24) is 10.2 Å². The molecule has 2 aliphatic heterocycles. The molecule has 182 valence electrons. The molecule has 3 N–H and O–H groups in total. The van der Waals surface area contributed by atoms with Crippen LogP contribution in [-0.2, 0) is 9.53 Å². The van der Waals surface area contributed by atoms with Gasteiger partial charge in [0.25, 0.3) is 0 Å². The first kappa shape index (κ1) is 24.0. The van der Waals surface area contributed by atoms with Gasteiger partial charge in [-0.3, -0.25) is 9.69 Å². The van der Waals surface area contributed by atoms with Crippen LogP contribution in [0.2, 0.25) is 0 Å². The number of carbonyl (C=O) groups excluding carboxylic acids is 1. The van der Waals surface area contributed by atoms with E-state index < -0.39 is 12.1 Å². The second-order valence-corrected chi connectivity index (χ2v) is 11.1. The van der Waals surface area contributed by atoms with Crippen molar-refractivity contribution >= 4 is 11.8 Å². The predicted octanol–water partition coefficient (Wildman–Crippen LogP) is 3.00. The molecule has 33 heavy (non-hydrogen) atoms. The Morgan fingerprint density at radius 1 is 1.27 bits per heavy atom. The van der Waals surface area contributed by atoms with Crippen LogP contribution < -0.4 is 5.32 Å². The fourth-order valence-corrected chi connectivity index (χ4v) is 5.58. The molecule has 1 aliphatic carbocycles. The average Bonchev–Trinajstić information content (AvgIpc) is 3.24. The number of aliphatic imine (C=N–C) groups is 1. The van der Waals surface area contributed by atoms with Gasteiger partial charge in [-0.1, -0.05) is 25.3 Å². The molecule has 0 radical (unpaired) electrons. The first-order chi connectivity index (χ1) is 15.6. The number of rotatable bonds is 5. The first-order valence-electron chi connectivity index (χ1n) is 12.4. The van der Waals surface area contributed by atoms with Crippen LogP contribution in [-0.4, -0.2) is 70.3 Å².